The molecule has 0 fully saturated rings. The van der Waals surface area contributed by atoms with Crippen molar-refractivity contribution in [3.63, 3.8) is 0 Å². The van der Waals surface area contributed by atoms with E-state index < -0.39 is 34.7 Å². The number of amides is 2. The Morgan fingerprint density at radius 2 is 1.56 bits per heavy atom. The number of primary amides is 1. The van der Waals surface area contributed by atoms with Gasteiger partial charge in [-0.2, -0.15) is 5.10 Å². The maximum absolute atomic E-state index is 12.9. The van der Waals surface area contributed by atoms with Crippen LogP contribution in [0.25, 0.3) is 0 Å². The first-order chi connectivity index (χ1) is 16.3. The SMILES string of the molecule is CCOC(=O)C(C(=O)OCC)C(CC(=NNC(N)=O)c1ccccc1)c1ccc([N+](=O)[O-])cc1. The van der Waals surface area contributed by atoms with Gasteiger partial charge >= 0.3 is 18.0 Å². The van der Waals surface area contributed by atoms with E-state index in [1.54, 1.807) is 44.2 Å². The highest BCUT2D eigenvalue weighted by Crippen LogP contribution is 2.33. The molecule has 0 saturated carbocycles. The number of non-ortho nitro benzene ring substituents is 1. The third kappa shape index (κ3) is 7.12. The molecule has 0 saturated heterocycles. The number of urea groups is 1. The van der Waals surface area contributed by atoms with Crippen molar-refractivity contribution >= 4 is 29.4 Å². The van der Waals surface area contributed by atoms with Crippen molar-refractivity contribution in [2.75, 3.05) is 13.2 Å². The Morgan fingerprint density at radius 1 is 1.00 bits per heavy atom. The first-order valence-corrected chi connectivity index (χ1v) is 10.5. The van der Waals surface area contributed by atoms with Gasteiger partial charge < -0.3 is 15.2 Å². The second kappa shape index (κ2) is 12.7. The average molecular weight is 470 g/mol. The molecular weight excluding hydrogens is 444 g/mol. The highest BCUT2D eigenvalue weighted by Gasteiger charge is 2.39. The van der Waals surface area contributed by atoms with Crippen LogP contribution in [-0.2, 0) is 19.1 Å². The zero-order chi connectivity index (χ0) is 25.1. The topological polar surface area (TPSA) is 163 Å². The van der Waals surface area contributed by atoms with Crippen molar-refractivity contribution in [1.82, 2.24) is 5.43 Å². The molecule has 0 aliphatic heterocycles. The fourth-order valence-corrected chi connectivity index (χ4v) is 3.35. The number of nitrogens with one attached hydrogen (secondary N) is 1. The Hall–Kier alpha value is -4.28. The fourth-order valence-electron chi connectivity index (χ4n) is 3.35. The lowest BCUT2D eigenvalue weighted by Crippen LogP contribution is -2.35. The molecule has 11 heteroatoms. The lowest BCUT2D eigenvalue weighted by molar-refractivity contribution is -0.384. The third-order valence-electron chi connectivity index (χ3n) is 4.84. The molecule has 0 heterocycles. The molecule has 2 aromatic carbocycles. The number of carbonyl (C=O) groups excluding carboxylic acids is 3. The molecule has 2 aromatic rings. The zero-order valence-electron chi connectivity index (χ0n) is 18.8. The van der Waals surface area contributed by atoms with Crippen molar-refractivity contribution < 1.29 is 28.8 Å². The van der Waals surface area contributed by atoms with Gasteiger partial charge in [0.1, 0.15) is 0 Å². The molecule has 2 rings (SSSR count). The Balaban J connectivity index is 2.62. The number of nitro groups is 1. The van der Waals surface area contributed by atoms with Gasteiger partial charge in [-0.3, -0.25) is 19.7 Å². The number of hydrazone groups is 1. The second-order valence-electron chi connectivity index (χ2n) is 7.04. The summed E-state index contributed by atoms with van der Waals surface area (Å²) < 4.78 is 10.3. The van der Waals surface area contributed by atoms with Gasteiger partial charge in [0.15, 0.2) is 5.92 Å². The van der Waals surface area contributed by atoms with Crippen molar-refractivity contribution in [1.29, 1.82) is 0 Å². The van der Waals surface area contributed by atoms with Crippen molar-refractivity contribution in [2.24, 2.45) is 16.8 Å². The van der Waals surface area contributed by atoms with Crippen LogP contribution in [0.5, 0.6) is 0 Å². The van der Waals surface area contributed by atoms with Crippen LogP contribution in [0.4, 0.5) is 10.5 Å². The lowest BCUT2D eigenvalue weighted by Gasteiger charge is -2.25. The molecule has 11 nitrogen and oxygen atoms in total. The molecule has 1 atom stereocenters. The van der Waals surface area contributed by atoms with Gasteiger partial charge in [0.25, 0.3) is 5.69 Å². The number of hydrogen-bond donors (Lipinski definition) is 2. The van der Waals surface area contributed by atoms with E-state index in [1.807, 2.05) is 0 Å². The molecule has 34 heavy (non-hydrogen) atoms. The molecule has 180 valence electrons. The normalized spacial score (nSPS) is 12.0. The number of nitrogens with two attached hydrogens (primary N) is 1. The van der Waals surface area contributed by atoms with Gasteiger partial charge in [-0.15, -0.1) is 0 Å². The summed E-state index contributed by atoms with van der Waals surface area (Å²) in [7, 11) is 0. The summed E-state index contributed by atoms with van der Waals surface area (Å²) in [5, 5.41) is 15.2. The van der Waals surface area contributed by atoms with Gasteiger partial charge in [0.05, 0.1) is 23.8 Å². The fraction of sp³-hybridized carbons (Fsp3) is 0.304. The van der Waals surface area contributed by atoms with Crippen molar-refractivity contribution in [2.45, 2.75) is 26.2 Å². The zero-order valence-corrected chi connectivity index (χ0v) is 18.8. The smallest absolute Gasteiger partial charge is 0.332 e. The molecule has 3 N–H and O–H groups in total. The minimum atomic E-state index is -1.39. The van der Waals surface area contributed by atoms with Crippen molar-refractivity contribution in [3.8, 4) is 0 Å². The number of nitro benzene ring substituents is 1. The molecule has 2 amide bonds. The summed E-state index contributed by atoms with van der Waals surface area (Å²) in [5.74, 6) is -3.88. The molecule has 0 aliphatic rings. The predicted octanol–water partition coefficient (Wildman–Crippen LogP) is 2.88. The standard InChI is InChI=1S/C23H26N4O7/c1-3-33-21(28)20(22(29)34-4-2)18(15-10-12-17(13-11-15)27(31)32)14-19(25-26-23(24)30)16-8-6-5-7-9-16/h5-13,18,20H,3-4,14H2,1-2H3,(H3,24,26,30). The first kappa shape index (κ1) is 26.0. The van der Waals surface area contributed by atoms with Crippen LogP contribution in [0.3, 0.4) is 0 Å². The van der Waals surface area contributed by atoms with Crippen molar-refractivity contribution in [3.05, 3.63) is 75.8 Å². The van der Waals surface area contributed by atoms with E-state index >= 15 is 0 Å². The molecule has 1 unspecified atom stereocenters. The second-order valence-corrected chi connectivity index (χ2v) is 7.04. The Bertz CT molecular complexity index is 1020. The van der Waals surface area contributed by atoms with E-state index in [0.717, 1.165) is 0 Å². The highest BCUT2D eigenvalue weighted by molar-refractivity contribution is 6.03. The largest absolute Gasteiger partial charge is 0.465 e. The molecule has 0 spiro atoms. The van der Waals surface area contributed by atoms with Gasteiger partial charge in [-0.05, 0) is 25.0 Å². The molecular formula is C23H26N4O7. The van der Waals surface area contributed by atoms with Crippen LogP contribution in [0, 0.1) is 16.0 Å². The Kier molecular flexibility index (Phi) is 9.69. The number of carbonyl (C=O) groups is 3. The van der Waals surface area contributed by atoms with Gasteiger partial charge in [0, 0.05) is 24.5 Å². The minimum absolute atomic E-state index is 0.0234. The van der Waals surface area contributed by atoms with Crippen LogP contribution < -0.4 is 11.2 Å². The van der Waals surface area contributed by atoms with E-state index in [1.165, 1.54) is 24.3 Å². The number of nitrogens with zero attached hydrogens (tertiary/aromatic N) is 2. The maximum Gasteiger partial charge on any atom is 0.332 e. The van der Waals surface area contributed by atoms with Gasteiger partial charge in [-0.25, -0.2) is 10.2 Å². The number of benzene rings is 2. The van der Waals surface area contributed by atoms with E-state index in [9.17, 15) is 24.5 Å². The minimum Gasteiger partial charge on any atom is -0.465 e. The van der Waals surface area contributed by atoms with Crippen LogP contribution >= 0.6 is 0 Å². The average Bonchev–Trinajstić information content (AvgIpc) is 2.81. The van der Waals surface area contributed by atoms with E-state index in [0.29, 0.717) is 16.8 Å². The maximum atomic E-state index is 12.9. The van der Waals surface area contributed by atoms with Gasteiger partial charge in [-0.1, -0.05) is 42.5 Å². The van der Waals surface area contributed by atoms with E-state index in [-0.39, 0.29) is 25.3 Å². The summed E-state index contributed by atoms with van der Waals surface area (Å²) in [6.45, 7) is 3.28. The lowest BCUT2D eigenvalue weighted by atomic mass is 9.81. The summed E-state index contributed by atoms with van der Waals surface area (Å²) in [5.41, 5.74) is 8.57. The van der Waals surface area contributed by atoms with Crippen LogP contribution in [0.1, 0.15) is 37.3 Å². The summed E-state index contributed by atoms with van der Waals surface area (Å²) >= 11 is 0. The summed E-state index contributed by atoms with van der Waals surface area (Å²) in [4.78, 5) is 47.6. The van der Waals surface area contributed by atoms with Crippen LogP contribution in [0.15, 0.2) is 59.7 Å². The third-order valence-corrected chi connectivity index (χ3v) is 4.84. The monoisotopic (exact) mass is 470 g/mol. The Morgan fingerprint density at radius 3 is 2.03 bits per heavy atom. The number of esters is 2. The molecule has 0 aromatic heterocycles. The predicted molar refractivity (Wildman–Crippen MR) is 123 cm³/mol. The molecule has 0 radical (unpaired) electrons. The number of ether oxygens (including phenoxy) is 2. The van der Waals surface area contributed by atoms with Gasteiger partial charge in [0.2, 0.25) is 0 Å². The highest BCUT2D eigenvalue weighted by atomic mass is 16.6. The van der Waals surface area contributed by atoms with E-state index in [4.69, 9.17) is 15.2 Å². The summed E-state index contributed by atoms with van der Waals surface area (Å²) in [6, 6.07) is 13.3. The first-order valence-electron chi connectivity index (χ1n) is 10.5. The molecule has 0 bridgehead atoms. The summed E-state index contributed by atoms with van der Waals surface area (Å²) in [6.07, 6.45) is -0.0234. The number of hydrogen-bond acceptors (Lipinski definition) is 8. The number of rotatable bonds is 11. The van der Waals surface area contributed by atoms with Crippen LogP contribution in [-0.4, -0.2) is 41.8 Å². The molecule has 0 aliphatic carbocycles. The van der Waals surface area contributed by atoms with Crippen LogP contribution in [0.2, 0.25) is 0 Å². The quantitative estimate of drug-likeness (QED) is 0.168. The Labute approximate surface area is 196 Å². The van der Waals surface area contributed by atoms with E-state index in [2.05, 4.69) is 10.5 Å².